The number of benzene rings is 2. The van der Waals surface area contributed by atoms with E-state index in [1.54, 1.807) is 11.3 Å². The van der Waals surface area contributed by atoms with Crippen molar-refractivity contribution in [3.05, 3.63) is 77.0 Å². The van der Waals surface area contributed by atoms with Crippen molar-refractivity contribution in [3.63, 3.8) is 0 Å². The van der Waals surface area contributed by atoms with Crippen molar-refractivity contribution in [1.82, 2.24) is 0 Å². The smallest absolute Gasteiger partial charge is 0.407 e. The minimum Gasteiger partial charge on any atom is -0.407 e. The van der Waals surface area contributed by atoms with Crippen molar-refractivity contribution in [3.8, 4) is 0 Å². The minimum absolute atomic E-state index is 0.0281. The molecule has 6 heteroatoms. The third kappa shape index (κ3) is 4.59. The molecule has 1 fully saturated rings. The second kappa shape index (κ2) is 9.40. The van der Waals surface area contributed by atoms with Gasteiger partial charge in [-0.3, -0.25) is 0 Å². The molecule has 1 saturated heterocycles. The van der Waals surface area contributed by atoms with E-state index >= 15 is 0 Å². The van der Waals surface area contributed by atoms with E-state index in [1.807, 2.05) is 0 Å². The van der Waals surface area contributed by atoms with Gasteiger partial charge in [0.25, 0.3) is 8.32 Å². The molecule has 4 rings (SSSR count). The van der Waals surface area contributed by atoms with E-state index in [1.165, 1.54) is 15.3 Å². The average Bonchev–Trinajstić information content (AvgIpc) is 3.32. The highest BCUT2D eigenvalue weighted by atomic mass is 32.1. The molecule has 0 spiro atoms. The van der Waals surface area contributed by atoms with Crippen LogP contribution in [0.4, 0.5) is 0 Å². The lowest BCUT2D eigenvalue weighted by atomic mass is 9.79. The molecule has 3 nitrogen and oxygen atoms in total. The highest BCUT2D eigenvalue weighted by Gasteiger charge is 2.53. The SMILES string of the molecule is CC1(C)OB(c2ccsc2CCO[Si](c2ccccc2)(c2ccccc2)C(C)(C)C)OC1(C)C. The lowest BCUT2D eigenvalue weighted by molar-refractivity contribution is 0.00578. The molecule has 0 amide bonds. The molecule has 1 aliphatic rings. The summed E-state index contributed by atoms with van der Waals surface area (Å²) in [5, 5.41) is 4.73. The summed E-state index contributed by atoms with van der Waals surface area (Å²) in [5.74, 6) is 0. The number of thiophene rings is 1. The minimum atomic E-state index is -2.54. The summed E-state index contributed by atoms with van der Waals surface area (Å²) in [6.07, 6.45) is 0.835. The molecule has 0 unspecified atom stereocenters. The van der Waals surface area contributed by atoms with Gasteiger partial charge in [0.1, 0.15) is 0 Å². The van der Waals surface area contributed by atoms with Crippen molar-refractivity contribution < 1.29 is 13.7 Å². The summed E-state index contributed by atoms with van der Waals surface area (Å²) >= 11 is 1.76. The maximum Gasteiger partial charge on any atom is 0.495 e. The van der Waals surface area contributed by atoms with E-state index in [0.717, 1.165) is 11.9 Å². The molecule has 0 radical (unpaired) electrons. The Bertz CT molecular complexity index is 1030. The zero-order valence-electron chi connectivity index (χ0n) is 21.6. The molecule has 1 aliphatic heterocycles. The Morgan fingerprint density at radius 3 is 1.79 bits per heavy atom. The van der Waals surface area contributed by atoms with Crippen LogP contribution in [0.3, 0.4) is 0 Å². The molecule has 0 bridgehead atoms. The van der Waals surface area contributed by atoms with Crippen LogP contribution in [-0.2, 0) is 20.2 Å². The standard InChI is InChI=1S/C28H37BO3SSi/c1-26(2,3)34(22-14-10-8-11-15-22,23-16-12-9-13-17-23)30-20-18-25-24(19-21-33-25)29-31-27(4,5)28(6,7)32-29/h8-17,19,21H,18,20H2,1-7H3. The van der Waals surface area contributed by atoms with Gasteiger partial charge in [0.2, 0.25) is 0 Å². The molecule has 2 aromatic carbocycles. The molecular weight excluding hydrogens is 455 g/mol. The Kier molecular flexibility index (Phi) is 7.02. The highest BCUT2D eigenvalue weighted by molar-refractivity contribution is 7.11. The first-order chi connectivity index (χ1) is 16.0. The fraction of sp³-hybridized carbons (Fsp3) is 0.429. The van der Waals surface area contributed by atoms with Gasteiger partial charge in [0.15, 0.2) is 0 Å². The van der Waals surface area contributed by atoms with Gasteiger partial charge in [-0.1, -0.05) is 87.5 Å². The Hall–Kier alpha value is -1.70. The Morgan fingerprint density at radius 2 is 1.32 bits per heavy atom. The first-order valence-electron chi connectivity index (χ1n) is 12.1. The van der Waals surface area contributed by atoms with Gasteiger partial charge in [-0.15, -0.1) is 11.3 Å². The van der Waals surface area contributed by atoms with Crippen molar-refractivity contribution in [2.45, 2.75) is 71.1 Å². The molecule has 0 aliphatic carbocycles. The second-order valence-electron chi connectivity index (χ2n) is 11.1. The molecule has 0 saturated carbocycles. The van der Waals surface area contributed by atoms with E-state index in [9.17, 15) is 0 Å². The predicted molar refractivity (Wildman–Crippen MR) is 147 cm³/mol. The van der Waals surface area contributed by atoms with E-state index in [0.29, 0.717) is 6.61 Å². The van der Waals surface area contributed by atoms with Gasteiger partial charge in [-0.2, -0.15) is 0 Å². The van der Waals surface area contributed by atoms with E-state index in [-0.39, 0.29) is 23.4 Å². The van der Waals surface area contributed by atoms with Gasteiger partial charge in [-0.25, -0.2) is 0 Å². The summed E-state index contributed by atoms with van der Waals surface area (Å²) in [6.45, 7) is 16.0. The monoisotopic (exact) mass is 492 g/mol. The quantitative estimate of drug-likeness (QED) is 0.426. The van der Waals surface area contributed by atoms with Crippen molar-refractivity contribution >= 4 is 42.6 Å². The molecule has 180 valence electrons. The van der Waals surface area contributed by atoms with Crippen molar-refractivity contribution in [2.24, 2.45) is 0 Å². The first kappa shape index (κ1) is 25.4. The number of hydrogen-bond donors (Lipinski definition) is 0. The molecule has 34 heavy (non-hydrogen) atoms. The van der Waals surface area contributed by atoms with Crippen LogP contribution in [0.5, 0.6) is 0 Å². The van der Waals surface area contributed by atoms with Gasteiger partial charge in [0, 0.05) is 17.9 Å². The van der Waals surface area contributed by atoms with Crippen LogP contribution in [0.15, 0.2) is 72.1 Å². The van der Waals surface area contributed by atoms with Gasteiger partial charge >= 0.3 is 7.12 Å². The van der Waals surface area contributed by atoms with Crippen LogP contribution in [0.25, 0.3) is 0 Å². The third-order valence-corrected chi connectivity index (χ3v) is 13.4. The summed E-state index contributed by atoms with van der Waals surface area (Å²) in [4.78, 5) is 1.27. The Morgan fingerprint density at radius 1 is 0.824 bits per heavy atom. The summed E-state index contributed by atoms with van der Waals surface area (Å²) in [5.41, 5.74) is 0.444. The van der Waals surface area contributed by atoms with Crippen LogP contribution in [0.2, 0.25) is 5.04 Å². The van der Waals surface area contributed by atoms with Gasteiger partial charge in [-0.05, 0) is 53.9 Å². The van der Waals surface area contributed by atoms with E-state index in [4.69, 9.17) is 13.7 Å². The summed E-state index contributed by atoms with van der Waals surface area (Å²) in [7, 11) is -2.87. The van der Waals surface area contributed by atoms with Gasteiger partial charge in [0.05, 0.1) is 11.2 Å². The number of hydrogen-bond acceptors (Lipinski definition) is 4. The Labute approximate surface area is 210 Å². The highest BCUT2D eigenvalue weighted by Crippen LogP contribution is 2.38. The third-order valence-electron chi connectivity index (χ3n) is 7.35. The lowest BCUT2D eigenvalue weighted by Crippen LogP contribution is -2.66. The summed E-state index contributed by atoms with van der Waals surface area (Å²) < 4.78 is 19.8. The zero-order valence-corrected chi connectivity index (χ0v) is 23.4. The topological polar surface area (TPSA) is 27.7 Å². The molecule has 0 atom stereocenters. The fourth-order valence-corrected chi connectivity index (χ4v) is 10.2. The fourth-order valence-electron chi connectivity index (χ4n) is 4.79. The van der Waals surface area contributed by atoms with Crippen molar-refractivity contribution in [1.29, 1.82) is 0 Å². The molecule has 1 aromatic heterocycles. The van der Waals surface area contributed by atoms with Crippen LogP contribution in [-0.4, -0.2) is 33.2 Å². The van der Waals surface area contributed by atoms with Crippen LogP contribution in [0, 0.1) is 0 Å². The van der Waals surface area contributed by atoms with E-state index < -0.39 is 8.32 Å². The normalized spacial score (nSPS) is 17.8. The van der Waals surface area contributed by atoms with Crippen LogP contribution < -0.4 is 15.8 Å². The predicted octanol–water partition coefficient (Wildman–Crippen LogP) is 5.17. The maximum absolute atomic E-state index is 7.10. The molecule has 0 N–H and O–H groups in total. The van der Waals surface area contributed by atoms with Crippen molar-refractivity contribution in [2.75, 3.05) is 6.61 Å². The van der Waals surface area contributed by atoms with Gasteiger partial charge < -0.3 is 13.7 Å². The lowest BCUT2D eigenvalue weighted by Gasteiger charge is -2.43. The average molecular weight is 493 g/mol. The van der Waals surface area contributed by atoms with E-state index in [2.05, 4.69) is 121 Å². The summed E-state index contributed by atoms with van der Waals surface area (Å²) in [6, 6.07) is 23.8. The molecule has 2 heterocycles. The second-order valence-corrected chi connectivity index (χ2v) is 16.5. The zero-order chi connectivity index (χ0) is 24.6. The molecule has 3 aromatic rings. The van der Waals surface area contributed by atoms with Crippen LogP contribution in [0.1, 0.15) is 53.3 Å². The number of rotatable bonds is 7. The first-order valence-corrected chi connectivity index (χ1v) is 14.9. The van der Waals surface area contributed by atoms with Crippen LogP contribution >= 0.6 is 11.3 Å². The molecular formula is C28H37BO3SSi. The largest absolute Gasteiger partial charge is 0.495 e. The Balaban J connectivity index is 1.61. The maximum atomic E-state index is 7.10.